The first-order valence-corrected chi connectivity index (χ1v) is 9.11. The summed E-state index contributed by atoms with van der Waals surface area (Å²) in [6.07, 6.45) is 7.79. The fourth-order valence-electron chi connectivity index (χ4n) is 3.13. The summed E-state index contributed by atoms with van der Waals surface area (Å²) in [5, 5.41) is 0. The maximum absolute atomic E-state index is 12.0. The van der Waals surface area contributed by atoms with Crippen LogP contribution in [0.5, 0.6) is 0 Å². The van der Waals surface area contributed by atoms with Gasteiger partial charge in [0.1, 0.15) is 0 Å². The molecule has 120 valence electrons. The van der Waals surface area contributed by atoms with Crippen molar-refractivity contribution in [2.24, 2.45) is 0 Å². The number of pyridine rings is 1. The summed E-state index contributed by atoms with van der Waals surface area (Å²) in [5.41, 5.74) is 1.17. The van der Waals surface area contributed by atoms with E-state index >= 15 is 0 Å². The number of hydrogen-bond donors (Lipinski definition) is 0. The third-order valence-electron chi connectivity index (χ3n) is 4.47. The summed E-state index contributed by atoms with van der Waals surface area (Å²) >= 11 is 1.99. The van der Waals surface area contributed by atoms with Gasteiger partial charge in [0, 0.05) is 37.7 Å². The molecule has 1 aromatic heterocycles. The van der Waals surface area contributed by atoms with Crippen molar-refractivity contribution in [3.05, 3.63) is 30.1 Å². The predicted octanol–water partition coefficient (Wildman–Crippen LogP) is 2.87. The average Bonchev–Trinajstić information content (AvgIpc) is 2.95. The highest BCUT2D eigenvalue weighted by molar-refractivity contribution is 8.01. The molecule has 2 fully saturated rings. The molecule has 22 heavy (non-hydrogen) atoms. The molecule has 0 aliphatic carbocycles. The molecule has 1 aromatic rings. The van der Waals surface area contributed by atoms with Crippen LogP contribution in [0.3, 0.4) is 0 Å². The Morgan fingerprint density at radius 3 is 2.95 bits per heavy atom. The molecule has 1 atom stereocenters. The van der Waals surface area contributed by atoms with Gasteiger partial charge in [0.05, 0.1) is 17.5 Å². The van der Waals surface area contributed by atoms with E-state index in [1.54, 1.807) is 12.4 Å². The monoisotopic (exact) mass is 320 g/mol. The van der Waals surface area contributed by atoms with Crippen molar-refractivity contribution in [1.82, 2.24) is 9.88 Å². The van der Waals surface area contributed by atoms with Crippen LogP contribution in [0.4, 0.5) is 0 Å². The molecule has 2 aliphatic rings. The zero-order chi connectivity index (χ0) is 15.4. The summed E-state index contributed by atoms with van der Waals surface area (Å²) in [7, 11) is 0. The van der Waals surface area contributed by atoms with E-state index in [1.165, 1.54) is 5.56 Å². The fourth-order valence-corrected chi connectivity index (χ4v) is 4.69. The van der Waals surface area contributed by atoms with Crippen LogP contribution in [0, 0.1) is 0 Å². The number of nitrogens with zero attached hydrogens (tertiary/aromatic N) is 2. The highest BCUT2D eigenvalue weighted by Crippen LogP contribution is 2.46. The van der Waals surface area contributed by atoms with Crippen LogP contribution in [0.1, 0.15) is 38.2 Å². The lowest BCUT2D eigenvalue weighted by atomic mass is 9.92. The van der Waals surface area contributed by atoms with Crippen molar-refractivity contribution >= 4 is 17.7 Å². The Bertz CT molecular complexity index is 503. The minimum absolute atomic E-state index is 0.269. The van der Waals surface area contributed by atoms with E-state index in [-0.39, 0.29) is 4.75 Å². The third-order valence-corrected chi connectivity index (χ3v) is 6.04. The van der Waals surface area contributed by atoms with E-state index < -0.39 is 0 Å². The minimum atomic E-state index is 0.269. The van der Waals surface area contributed by atoms with E-state index in [0.717, 1.165) is 38.1 Å². The minimum Gasteiger partial charge on any atom is -0.373 e. The van der Waals surface area contributed by atoms with Gasteiger partial charge in [-0.3, -0.25) is 9.78 Å². The zero-order valence-electron chi connectivity index (χ0n) is 13.2. The predicted molar refractivity (Wildman–Crippen MR) is 88.7 cm³/mol. The van der Waals surface area contributed by atoms with Crippen molar-refractivity contribution < 1.29 is 9.53 Å². The second kappa shape index (κ2) is 7.01. The van der Waals surface area contributed by atoms with Crippen LogP contribution in [0.2, 0.25) is 0 Å². The van der Waals surface area contributed by atoms with Gasteiger partial charge in [-0.05, 0) is 30.5 Å². The van der Waals surface area contributed by atoms with Crippen LogP contribution in [-0.2, 0) is 16.1 Å². The number of carbonyl (C=O) groups excluding carboxylic acids is 1. The van der Waals surface area contributed by atoms with Crippen LogP contribution in [-0.4, -0.2) is 45.5 Å². The molecule has 5 heteroatoms. The van der Waals surface area contributed by atoms with Gasteiger partial charge < -0.3 is 9.64 Å². The number of ether oxygens (including phenoxy) is 1. The van der Waals surface area contributed by atoms with Crippen molar-refractivity contribution in [3.63, 3.8) is 0 Å². The van der Waals surface area contributed by atoms with Gasteiger partial charge >= 0.3 is 0 Å². The van der Waals surface area contributed by atoms with E-state index in [0.29, 0.717) is 25.0 Å². The lowest BCUT2D eigenvalue weighted by molar-refractivity contribution is -0.136. The Hall–Kier alpha value is -1.07. The molecule has 3 rings (SSSR count). The molecule has 1 amide bonds. The SMILES string of the molecule is CCCCC(=O)N1CC2(C[C@H](OCc3ccncc3)CS2)C1. The summed E-state index contributed by atoms with van der Waals surface area (Å²) < 4.78 is 6.30. The Balaban J connectivity index is 1.41. The number of carbonyl (C=O) groups is 1. The van der Waals surface area contributed by atoms with Crippen LogP contribution < -0.4 is 0 Å². The number of thioether (sulfide) groups is 1. The first kappa shape index (κ1) is 15.8. The molecule has 3 heterocycles. The normalized spacial score (nSPS) is 22.8. The number of aromatic nitrogens is 1. The van der Waals surface area contributed by atoms with Gasteiger partial charge in [0.15, 0.2) is 0 Å². The van der Waals surface area contributed by atoms with E-state index in [1.807, 2.05) is 28.8 Å². The Kier molecular flexibility index (Phi) is 5.03. The first-order chi connectivity index (χ1) is 10.7. The second-order valence-corrected chi connectivity index (χ2v) is 7.83. The van der Waals surface area contributed by atoms with Crippen molar-refractivity contribution in [3.8, 4) is 0 Å². The lowest BCUT2D eigenvalue weighted by Crippen LogP contribution is -2.60. The highest BCUT2D eigenvalue weighted by atomic mass is 32.2. The number of hydrogen-bond acceptors (Lipinski definition) is 4. The third kappa shape index (κ3) is 3.63. The zero-order valence-corrected chi connectivity index (χ0v) is 14.0. The fraction of sp³-hybridized carbons (Fsp3) is 0.647. The molecule has 0 N–H and O–H groups in total. The quantitative estimate of drug-likeness (QED) is 0.808. The van der Waals surface area contributed by atoms with Gasteiger partial charge in [0.25, 0.3) is 0 Å². The largest absolute Gasteiger partial charge is 0.373 e. The molecule has 2 aliphatic heterocycles. The molecular weight excluding hydrogens is 296 g/mol. The van der Waals surface area contributed by atoms with Gasteiger partial charge in [0.2, 0.25) is 5.91 Å². The van der Waals surface area contributed by atoms with Gasteiger partial charge in [-0.1, -0.05) is 13.3 Å². The molecule has 0 saturated carbocycles. The second-order valence-electron chi connectivity index (χ2n) is 6.34. The maximum Gasteiger partial charge on any atom is 0.222 e. The molecular formula is C17H24N2O2S. The van der Waals surface area contributed by atoms with Gasteiger partial charge in [-0.15, -0.1) is 11.8 Å². The number of likely N-dealkylation sites (tertiary alicyclic amines) is 1. The van der Waals surface area contributed by atoms with Crippen molar-refractivity contribution in [2.75, 3.05) is 18.8 Å². The standard InChI is InChI=1S/C17H24N2O2S/c1-2-3-4-16(20)19-12-17(13-19)9-15(11-22-17)21-10-14-5-7-18-8-6-14/h5-8,15H,2-4,9-13H2,1H3/t15-/m0/s1. The summed E-state index contributed by atoms with van der Waals surface area (Å²) in [6, 6.07) is 3.99. The molecule has 2 saturated heterocycles. The average molecular weight is 320 g/mol. The van der Waals surface area contributed by atoms with E-state index in [2.05, 4.69) is 11.9 Å². The molecule has 4 nitrogen and oxygen atoms in total. The summed E-state index contributed by atoms with van der Waals surface area (Å²) in [4.78, 5) is 18.0. The molecule has 0 bridgehead atoms. The van der Waals surface area contributed by atoms with Gasteiger partial charge in [-0.2, -0.15) is 0 Å². The van der Waals surface area contributed by atoms with E-state index in [9.17, 15) is 4.79 Å². The molecule has 1 spiro atoms. The van der Waals surface area contributed by atoms with Crippen molar-refractivity contribution in [2.45, 2.75) is 50.1 Å². The first-order valence-electron chi connectivity index (χ1n) is 8.13. The summed E-state index contributed by atoms with van der Waals surface area (Å²) in [5.74, 6) is 1.37. The number of unbranched alkanes of at least 4 members (excludes halogenated alkanes) is 1. The highest BCUT2D eigenvalue weighted by Gasteiger charge is 2.50. The van der Waals surface area contributed by atoms with Crippen LogP contribution >= 0.6 is 11.8 Å². The Labute approximate surface area is 136 Å². The molecule has 0 radical (unpaired) electrons. The van der Waals surface area contributed by atoms with Crippen LogP contribution in [0.25, 0.3) is 0 Å². The molecule has 0 unspecified atom stereocenters. The summed E-state index contributed by atoms with van der Waals surface area (Å²) in [6.45, 7) is 4.61. The number of amides is 1. The Morgan fingerprint density at radius 2 is 2.23 bits per heavy atom. The van der Waals surface area contributed by atoms with Crippen LogP contribution in [0.15, 0.2) is 24.5 Å². The Morgan fingerprint density at radius 1 is 1.45 bits per heavy atom. The number of rotatable bonds is 6. The van der Waals surface area contributed by atoms with Gasteiger partial charge in [-0.25, -0.2) is 0 Å². The maximum atomic E-state index is 12.0. The lowest BCUT2D eigenvalue weighted by Gasteiger charge is -2.47. The van der Waals surface area contributed by atoms with E-state index in [4.69, 9.17) is 4.74 Å². The topological polar surface area (TPSA) is 42.4 Å². The van der Waals surface area contributed by atoms with Crippen molar-refractivity contribution in [1.29, 1.82) is 0 Å². The molecule has 0 aromatic carbocycles. The smallest absolute Gasteiger partial charge is 0.222 e.